The molecular weight excluding hydrogens is 665 g/mol. The molecule has 1 atom stereocenters. The van der Waals surface area contributed by atoms with Crippen LogP contribution in [-0.4, -0.2) is 49.9 Å². The second kappa shape index (κ2) is 14.1. The number of halogens is 3. The maximum Gasteiger partial charge on any atom is 0.264 e. The first kappa shape index (κ1) is 33.7. The summed E-state index contributed by atoms with van der Waals surface area (Å²) in [5.74, 6) is -0.448. The predicted octanol–water partition coefficient (Wildman–Crippen LogP) is 6.68. The fraction of sp³-hybridized carbons (Fsp3) is 0.333. The summed E-state index contributed by atoms with van der Waals surface area (Å²) in [5.41, 5.74) is 0.247. The Morgan fingerprint density at radius 3 is 2.17 bits per heavy atom. The summed E-state index contributed by atoms with van der Waals surface area (Å²) in [6.07, 6.45) is 0. The molecule has 2 amide bonds. The maximum absolute atomic E-state index is 14.1. The zero-order valence-corrected chi connectivity index (χ0v) is 27.9. The average Bonchev–Trinajstić information content (AvgIpc) is 2.91. The Bertz CT molecular complexity index is 1510. The molecule has 0 saturated carbocycles. The molecule has 8 nitrogen and oxygen atoms in total. The van der Waals surface area contributed by atoms with Gasteiger partial charge in [-0.2, -0.15) is 0 Å². The molecule has 3 aromatic carbocycles. The first-order chi connectivity index (χ1) is 19.6. The van der Waals surface area contributed by atoms with Crippen LogP contribution in [0.2, 0.25) is 10.0 Å². The second-order valence-electron chi connectivity index (χ2n) is 10.6. The molecule has 0 aliphatic rings. The number of carbonyl (C=O) groups is 2. The van der Waals surface area contributed by atoms with Crippen LogP contribution in [0.5, 0.6) is 5.75 Å². The molecule has 12 heteroatoms. The van der Waals surface area contributed by atoms with Crippen molar-refractivity contribution >= 4 is 66.7 Å². The number of nitrogens with zero attached hydrogens (tertiary/aromatic N) is 2. The smallest absolute Gasteiger partial charge is 0.264 e. The number of hydrogen-bond donors (Lipinski definition) is 1. The molecule has 0 fully saturated rings. The van der Waals surface area contributed by atoms with Crippen molar-refractivity contribution in [1.29, 1.82) is 0 Å². The lowest BCUT2D eigenvalue weighted by Gasteiger charge is -2.33. The molecule has 0 bridgehead atoms. The summed E-state index contributed by atoms with van der Waals surface area (Å²) in [5, 5.41) is 3.62. The van der Waals surface area contributed by atoms with Gasteiger partial charge in [0.1, 0.15) is 18.3 Å². The second-order valence-corrected chi connectivity index (χ2v) is 14.2. The van der Waals surface area contributed by atoms with Gasteiger partial charge in [0.15, 0.2) is 0 Å². The SMILES string of the molecule is CCOc1ccc(N(CC(=O)N(Cc2ccc(Cl)cc2Cl)C(C)C(=O)NC(C)(C)C)S(=O)(=O)c2ccc(Br)cc2)cc1. The number of anilines is 1. The highest BCUT2D eigenvalue weighted by molar-refractivity contribution is 9.10. The quantitative estimate of drug-likeness (QED) is 0.241. The molecule has 3 aromatic rings. The van der Waals surface area contributed by atoms with Crippen LogP contribution in [0.25, 0.3) is 0 Å². The Hall–Kier alpha value is -2.79. The normalized spacial score (nSPS) is 12.4. The van der Waals surface area contributed by atoms with E-state index in [1.807, 2.05) is 27.7 Å². The van der Waals surface area contributed by atoms with Gasteiger partial charge in [-0.3, -0.25) is 13.9 Å². The number of amides is 2. The van der Waals surface area contributed by atoms with Gasteiger partial charge in [0, 0.05) is 26.6 Å². The molecule has 0 radical (unpaired) electrons. The van der Waals surface area contributed by atoms with Gasteiger partial charge in [0.2, 0.25) is 11.8 Å². The van der Waals surface area contributed by atoms with Crippen LogP contribution >= 0.6 is 39.1 Å². The third kappa shape index (κ3) is 8.86. The molecule has 1 N–H and O–H groups in total. The summed E-state index contributed by atoms with van der Waals surface area (Å²) in [6.45, 7) is 8.74. The minimum atomic E-state index is -4.21. The van der Waals surface area contributed by atoms with Crippen molar-refractivity contribution in [2.24, 2.45) is 0 Å². The monoisotopic (exact) mass is 697 g/mol. The molecule has 0 aliphatic carbocycles. The lowest BCUT2D eigenvalue weighted by atomic mass is 10.1. The number of benzene rings is 3. The highest BCUT2D eigenvalue weighted by Gasteiger charge is 2.33. The van der Waals surface area contributed by atoms with E-state index >= 15 is 0 Å². The summed E-state index contributed by atoms with van der Waals surface area (Å²) in [6, 6.07) is 16.4. The van der Waals surface area contributed by atoms with E-state index in [1.54, 1.807) is 61.5 Å². The summed E-state index contributed by atoms with van der Waals surface area (Å²) >= 11 is 15.8. The lowest BCUT2D eigenvalue weighted by Crippen LogP contribution is -2.54. The Kier molecular flexibility index (Phi) is 11.3. The molecule has 3 rings (SSSR count). The van der Waals surface area contributed by atoms with Gasteiger partial charge in [-0.15, -0.1) is 0 Å². The zero-order chi connectivity index (χ0) is 31.2. The minimum Gasteiger partial charge on any atom is -0.494 e. The summed E-state index contributed by atoms with van der Waals surface area (Å²) < 4.78 is 35.1. The third-order valence-electron chi connectivity index (χ3n) is 6.14. The molecule has 0 aromatic heterocycles. The van der Waals surface area contributed by atoms with Crippen LogP contribution in [0.1, 0.15) is 40.2 Å². The van der Waals surface area contributed by atoms with Crippen molar-refractivity contribution in [3.8, 4) is 5.75 Å². The topological polar surface area (TPSA) is 96.0 Å². The van der Waals surface area contributed by atoms with Gasteiger partial charge < -0.3 is 15.0 Å². The lowest BCUT2D eigenvalue weighted by molar-refractivity contribution is -0.140. The van der Waals surface area contributed by atoms with Crippen molar-refractivity contribution in [2.45, 2.75) is 57.6 Å². The number of rotatable bonds is 11. The molecule has 0 aliphatic heterocycles. The van der Waals surface area contributed by atoms with Crippen LogP contribution in [-0.2, 0) is 26.2 Å². The van der Waals surface area contributed by atoms with Gasteiger partial charge in [0.25, 0.3) is 10.0 Å². The van der Waals surface area contributed by atoms with E-state index in [4.69, 9.17) is 27.9 Å². The average molecular weight is 699 g/mol. The van der Waals surface area contributed by atoms with Crippen molar-refractivity contribution in [3.63, 3.8) is 0 Å². The standard InChI is InChI=1S/C30H34BrCl2N3O5S/c1-6-41-25-13-11-24(12-14-25)36(42(39,40)26-15-8-22(31)9-16-26)19-28(37)35(20(2)29(38)34-30(3,4)5)18-21-7-10-23(32)17-27(21)33/h7-17,20H,6,18-19H2,1-5H3,(H,34,38). The van der Waals surface area contributed by atoms with Crippen molar-refractivity contribution in [1.82, 2.24) is 10.2 Å². The van der Waals surface area contributed by atoms with Gasteiger partial charge in [-0.05, 0) is 101 Å². The van der Waals surface area contributed by atoms with Crippen LogP contribution in [0.3, 0.4) is 0 Å². The number of nitrogens with one attached hydrogen (secondary N) is 1. The van der Waals surface area contributed by atoms with E-state index < -0.39 is 40.0 Å². The minimum absolute atomic E-state index is 0.00166. The largest absolute Gasteiger partial charge is 0.494 e. The van der Waals surface area contributed by atoms with Crippen molar-refractivity contribution in [3.05, 3.63) is 86.8 Å². The highest BCUT2D eigenvalue weighted by Crippen LogP contribution is 2.28. The van der Waals surface area contributed by atoms with Crippen molar-refractivity contribution < 1.29 is 22.7 Å². The predicted molar refractivity (Wildman–Crippen MR) is 171 cm³/mol. The van der Waals surface area contributed by atoms with Crippen LogP contribution in [0, 0.1) is 0 Å². The number of ether oxygens (including phenoxy) is 1. The van der Waals surface area contributed by atoms with Crippen molar-refractivity contribution in [2.75, 3.05) is 17.5 Å². The number of sulfonamides is 1. The summed E-state index contributed by atoms with van der Waals surface area (Å²) in [7, 11) is -4.21. The molecule has 1 unspecified atom stereocenters. The van der Waals surface area contributed by atoms with E-state index in [-0.39, 0.29) is 17.1 Å². The van der Waals surface area contributed by atoms with Gasteiger partial charge >= 0.3 is 0 Å². The molecule has 0 saturated heterocycles. The fourth-order valence-corrected chi connectivity index (χ4v) is 6.17. The number of hydrogen-bond acceptors (Lipinski definition) is 5. The van der Waals surface area contributed by atoms with E-state index in [0.717, 1.165) is 4.31 Å². The first-order valence-corrected chi connectivity index (χ1v) is 16.2. The molecule has 226 valence electrons. The Morgan fingerprint density at radius 2 is 1.62 bits per heavy atom. The van der Waals surface area contributed by atoms with Gasteiger partial charge in [0.05, 0.1) is 17.2 Å². The van der Waals surface area contributed by atoms with Gasteiger partial charge in [-0.1, -0.05) is 45.2 Å². The van der Waals surface area contributed by atoms with Gasteiger partial charge in [-0.25, -0.2) is 8.42 Å². The fourth-order valence-electron chi connectivity index (χ4n) is 4.03. The molecule has 0 heterocycles. The summed E-state index contributed by atoms with van der Waals surface area (Å²) in [4.78, 5) is 28.6. The van der Waals surface area contributed by atoms with Crippen LogP contribution in [0.4, 0.5) is 5.69 Å². The van der Waals surface area contributed by atoms with E-state index in [9.17, 15) is 18.0 Å². The Balaban J connectivity index is 2.06. The van der Waals surface area contributed by atoms with Crippen LogP contribution < -0.4 is 14.4 Å². The highest BCUT2D eigenvalue weighted by atomic mass is 79.9. The molecule has 0 spiro atoms. The Morgan fingerprint density at radius 1 is 1.00 bits per heavy atom. The first-order valence-electron chi connectivity index (χ1n) is 13.2. The number of carbonyl (C=O) groups excluding carboxylic acids is 2. The van der Waals surface area contributed by atoms with E-state index in [2.05, 4.69) is 21.2 Å². The molecule has 42 heavy (non-hydrogen) atoms. The molecular formula is C30H34BrCl2N3O5S. The third-order valence-corrected chi connectivity index (χ3v) is 9.04. The zero-order valence-electron chi connectivity index (χ0n) is 24.0. The van der Waals surface area contributed by atoms with E-state index in [0.29, 0.717) is 32.4 Å². The Labute approximate surface area is 266 Å². The van der Waals surface area contributed by atoms with Crippen LogP contribution in [0.15, 0.2) is 76.1 Å². The van der Waals surface area contributed by atoms with E-state index in [1.165, 1.54) is 17.0 Å². The maximum atomic E-state index is 14.1.